The molecule has 0 bridgehead atoms. The third-order valence-electron chi connectivity index (χ3n) is 3.54. The van der Waals surface area contributed by atoms with Crippen LogP contribution in [0, 0.1) is 6.92 Å². The van der Waals surface area contributed by atoms with Crippen molar-refractivity contribution < 1.29 is 16.8 Å². The quantitative estimate of drug-likeness (QED) is 0.860. The monoisotopic (exact) mass is 353 g/mol. The van der Waals surface area contributed by atoms with Gasteiger partial charge >= 0.3 is 0 Å². The fourth-order valence-electron chi connectivity index (χ4n) is 2.32. The van der Waals surface area contributed by atoms with Crippen LogP contribution in [0.1, 0.15) is 17.5 Å². The highest BCUT2D eigenvalue weighted by Crippen LogP contribution is 2.18. The Morgan fingerprint density at radius 1 is 0.957 bits per heavy atom. The van der Waals surface area contributed by atoms with Crippen LogP contribution < -0.4 is 5.14 Å². The lowest BCUT2D eigenvalue weighted by atomic mass is 10.1. The van der Waals surface area contributed by atoms with E-state index in [2.05, 4.69) is 0 Å². The topological polar surface area (TPSA) is 94.3 Å². The minimum Gasteiger partial charge on any atom is -0.225 e. The SMILES string of the molecule is Cc1ccc(CCCS(=O)(=O)c2ccccc2)cc1S(N)(=O)=O. The van der Waals surface area contributed by atoms with E-state index >= 15 is 0 Å². The molecule has 23 heavy (non-hydrogen) atoms. The minimum absolute atomic E-state index is 0.00952. The molecular formula is C16H19NO4S2. The van der Waals surface area contributed by atoms with Gasteiger partial charge in [0.25, 0.3) is 0 Å². The van der Waals surface area contributed by atoms with E-state index in [1.807, 2.05) is 0 Å². The lowest BCUT2D eigenvalue weighted by Gasteiger charge is -2.08. The van der Waals surface area contributed by atoms with Crippen LogP contribution in [0.3, 0.4) is 0 Å². The maximum Gasteiger partial charge on any atom is 0.238 e. The van der Waals surface area contributed by atoms with Gasteiger partial charge in [-0.2, -0.15) is 0 Å². The van der Waals surface area contributed by atoms with E-state index in [1.54, 1.807) is 49.4 Å². The first-order valence-corrected chi connectivity index (χ1v) is 10.3. The van der Waals surface area contributed by atoms with Crippen molar-refractivity contribution in [2.75, 3.05) is 5.75 Å². The Bertz CT molecular complexity index is 889. The molecule has 0 heterocycles. The minimum atomic E-state index is -3.77. The van der Waals surface area contributed by atoms with E-state index in [0.717, 1.165) is 5.56 Å². The van der Waals surface area contributed by atoms with Crippen molar-refractivity contribution in [3.63, 3.8) is 0 Å². The highest BCUT2D eigenvalue weighted by atomic mass is 32.2. The van der Waals surface area contributed by atoms with E-state index < -0.39 is 19.9 Å². The van der Waals surface area contributed by atoms with Crippen molar-refractivity contribution in [1.82, 2.24) is 0 Å². The van der Waals surface area contributed by atoms with Crippen LogP contribution in [0.2, 0.25) is 0 Å². The van der Waals surface area contributed by atoms with Gasteiger partial charge in [-0.15, -0.1) is 0 Å². The third-order valence-corrected chi connectivity index (χ3v) is 6.41. The van der Waals surface area contributed by atoms with Crippen LogP contribution in [-0.4, -0.2) is 22.6 Å². The zero-order valence-corrected chi connectivity index (χ0v) is 14.4. The van der Waals surface area contributed by atoms with Crippen molar-refractivity contribution in [3.05, 3.63) is 59.7 Å². The van der Waals surface area contributed by atoms with Crippen molar-refractivity contribution >= 4 is 19.9 Å². The molecule has 2 aromatic rings. The predicted molar refractivity (Wildman–Crippen MR) is 89.4 cm³/mol. The van der Waals surface area contributed by atoms with E-state index in [4.69, 9.17) is 5.14 Å². The van der Waals surface area contributed by atoms with Gasteiger partial charge in [0, 0.05) is 0 Å². The number of nitrogens with two attached hydrogens (primary N) is 1. The number of rotatable bonds is 6. The number of benzene rings is 2. The molecule has 124 valence electrons. The normalized spacial score (nSPS) is 12.3. The first kappa shape index (κ1) is 17.7. The van der Waals surface area contributed by atoms with Crippen LogP contribution >= 0.6 is 0 Å². The molecule has 0 aliphatic heterocycles. The molecule has 5 nitrogen and oxygen atoms in total. The molecule has 2 N–H and O–H groups in total. The van der Waals surface area contributed by atoms with Crippen molar-refractivity contribution in [2.24, 2.45) is 5.14 Å². The molecule has 2 rings (SSSR count). The van der Waals surface area contributed by atoms with Crippen LogP contribution in [-0.2, 0) is 26.3 Å². The number of aryl methyl sites for hydroxylation is 2. The Hall–Kier alpha value is -1.70. The van der Waals surface area contributed by atoms with E-state index in [1.165, 1.54) is 6.07 Å². The zero-order valence-electron chi connectivity index (χ0n) is 12.8. The second kappa shape index (κ2) is 6.82. The summed E-state index contributed by atoms with van der Waals surface area (Å²) in [6.07, 6.45) is 0.874. The van der Waals surface area contributed by atoms with Gasteiger partial charge in [-0.05, 0) is 49.1 Å². The van der Waals surface area contributed by atoms with E-state index in [0.29, 0.717) is 23.3 Å². The largest absolute Gasteiger partial charge is 0.238 e. The Labute approximate surface area is 137 Å². The van der Waals surface area contributed by atoms with Gasteiger partial charge in [-0.1, -0.05) is 30.3 Å². The van der Waals surface area contributed by atoms with Crippen LogP contribution in [0.15, 0.2) is 58.3 Å². The Morgan fingerprint density at radius 3 is 2.22 bits per heavy atom. The smallest absolute Gasteiger partial charge is 0.225 e. The fourth-order valence-corrected chi connectivity index (χ4v) is 4.48. The molecule has 0 radical (unpaired) electrons. The summed E-state index contributed by atoms with van der Waals surface area (Å²) in [6.45, 7) is 1.67. The van der Waals surface area contributed by atoms with Crippen LogP contribution in [0.5, 0.6) is 0 Å². The van der Waals surface area contributed by atoms with Gasteiger partial charge < -0.3 is 0 Å². The number of sulfonamides is 1. The lowest BCUT2D eigenvalue weighted by Crippen LogP contribution is -2.14. The molecule has 0 atom stereocenters. The Kier molecular flexibility index (Phi) is 5.23. The zero-order chi connectivity index (χ0) is 17.1. The van der Waals surface area contributed by atoms with E-state index in [9.17, 15) is 16.8 Å². The number of hydrogen-bond acceptors (Lipinski definition) is 4. The summed E-state index contributed by atoms with van der Waals surface area (Å²) in [5, 5.41) is 5.18. The standard InChI is InChI=1S/C16H19NO4S2/c1-13-9-10-14(12-16(13)23(17,20)21)6-5-11-22(18,19)15-7-3-2-4-8-15/h2-4,7-10,12H,5-6,11H2,1H3,(H2,17,20,21). The molecule has 0 aromatic heterocycles. The Morgan fingerprint density at radius 2 is 1.61 bits per heavy atom. The predicted octanol–water partition coefficient (Wildman–Crippen LogP) is 2.05. The third kappa shape index (κ3) is 4.63. The van der Waals surface area contributed by atoms with Gasteiger partial charge in [0.15, 0.2) is 9.84 Å². The summed E-state index contributed by atoms with van der Waals surface area (Å²) >= 11 is 0. The van der Waals surface area contributed by atoms with Gasteiger partial charge in [-0.25, -0.2) is 22.0 Å². The van der Waals surface area contributed by atoms with Crippen molar-refractivity contribution in [1.29, 1.82) is 0 Å². The second-order valence-electron chi connectivity index (χ2n) is 5.38. The highest BCUT2D eigenvalue weighted by Gasteiger charge is 2.15. The van der Waals surface area contributed by atoms with Crippen LogP contribution in [0.4, 0.5) is 0 Å². The maximum atomic E-state index is 12.2. The van der Waals surface area contributed by atoms with Gasteiger partial charge in [0.1, 0.15) is 0 Å². The maximum absolute atomic E-state index is 12.2. The summed E-state index contributed by atoms with van der Waals surface area (Å²) in [4.78, 5) is 0.384. The number of sulfone groups is 1. The summed E-state index contributed by atoms with van der Waals surface area (Å²) in [7, 11) is -7.09. The molecule has 0 unspecified atom stereocenters. The summed E-state index contributed by atoms with van der Waals surface area (Å²) in [5.41, 5.74) is 1.33. The number of primary sulfonamides is 1. The molecule has 0 spiro atoms. The van der Waals surface area contributed by atoms with Gasteiger partial charge in [0.2, 0.25) is 10.0 Å². The summed E-state index contributed by atoms with van der Waals surface area (Å²) in [5.74, 6) is 0.00952. The molecule has 0 aliphatic carbocycles. The van der Waals surface area contributed by atoms with Crippen molar-refractivity contribution in [2.45, 2.75) is 29.6 Å². The molecule has 0 amide bonds. The van der Waals surface area contributed by atoms with Gasteiger partial charge in [-0.3, -0.25) is 0 Å². The molecule has 0 saturated carbocycles. The fraction of sp³-hybridized carbons (Fsp3) is 0.250. The molecule has 0 aliphatic rings. The first-order chi connectivity index (χ1) is 10.7. The first-order valence-electron chi connectivity index (χ1n) is 7.10. The molecule has 2 aromatic carbocycles. The van der Waals surface area contributed by atoms with Gasteiger partial charge in [0.05, 0.1) is 15.5 Å². The molecule has 0 saturated heterocycles. The summed E-state index contributed by atoms with van der Waals surface area (Å²) in [6, 6.07) is 13.3. The summed E-state index contributed by atoms with van der Waals surface area (Å²) < 4.78 is 47.4. The average molecular weight is 353 g/mol. The van der Waals surface area contributed by atoms with E-state index in [-0.39, 0.29) is 10.6 Å². The molecule has 7 heteroatoms. The average Bonchev–Trinajstić information content (AvgIpc) is 2.48. The van der Waals surface area contributed by atoms with Crippen LogP contribution in [0.25, 0.3) is 0 Å². The lowest BCUT2D eigenvalue weighted by molar-refractivity contribution is 0.592. The number of hydrogen-bond donors (Lipinski definition) is 1. The molecule has 0 fully saturated rings. The Balaban J connectivity index is 2.08. The highest BCUT2D eigenvalue weighted by molar-refractivity contribution is 7.91. The molecular weight excluding hydrogens is 334 g/mol. The second-order valence-corrected chi connectivity index (χ2v) is 9.02. The van der Waals surface area contributed by atoms with Crippen molar-refractivity contribution in [3.8, 4) is 0 Å².